The van der Waals surface area contributed by atoms with Crippen molar-refractivity contribution >= 4 is 29.0 Å². The lowest BCUT2D eigenvalue weighted by Crippen LogP contribution is -2.21. The van der Waals surface area contributed by atoms with Crippen molar-refractivity contribution in [2.45, 2.75) is 70.3 Å². The number of ether oxygens (including phenoxy) is 2. The van der Waals surface area contributed by atoms with E-state index in [1.54, 1.807) is 27.1 Å². The van der Waals surface area contributed by atoms with E-state index in [2.05, 4.69) is 32.0 Å². The molecule has 2 aromatic carbocycles. The average Bonchev–Trinajstić information content (AvgIpc) is 3.48. The SMILES string of the molecule is CCCC(F)(F)c1cnc2nc1Nc1ccc(cc1C(=O)NC)C1CCC(CC/C=C/COc3cc(ccc3COC)N2)C1. The van der Waals surface area contributed by atoms with Crippen LogP contribution in [-0.2, 0) is 17.3 Å². The molecule has 3 heterocycles. The van der Waals surface area contributed by atoms with Crippen molar-refractivity contribution in [3.63, 3.8) is 0 Å². The fourth-order valence-electron chi connectivity index (χ4n) is 6.09. The van der Waals surface area contributed by atoms with Crippen LogP contribution in [0, 0.1) is 5.92 Å². The molecule has 2 aliphatic heterocycles. The third-order valence-corrected chi connectivity index (χ3v) is 8.39. The van der Waals surface area contributed by atoms with E-state index in [-0.39, 0.29) is 36.1 Å². The topological polar surface area (TPSA) is 97.4 Å². The van der Waals surface area contributed by atoms with Crippen molar-refractivity contribution in [3.05, 3.63) is 77.0 Å². The van der Waals surface area contributed by atoms with Crippen molar-refractivity contribution in [2.24, 2.45) is 5.92 Å². The number of halogens is 2. The number of amides is 1. The van der Waals surface area contributed by atoms with Gasteiger partial charge in [0.2, 0.25) is 5.95 Å². The number of nitrogens with one attached hydrogen (secondary N) is 3. The van der Waals surface area contributed by atoms with E-state index in [1.807, 2.05) is 36.4 Å². The first-order valence-electron chi connectivity index (χ1n) is 15.4. The van der Waals surface area contributed by atoms with E-state index >= 15 is 8.78 Å². The van der Waals surface area contributed by atoms with Gasteiger partial charge >= 0.3 is 0 Å². The first kappa shape index (κ1) is 31.4. The van der Waals surface area contributed by atoms with E-state index < -0.39 is 5.92 Å². The minimum absolute atomic E-state index is 0.0664. The Kier molecular flexibility index (Phi) is 10.1. The second-order valence-corrected chi connectivity index (χ2v) is 11.5. The number of benzene rings is 2. The van der Waals surface area contributed by atoms with Crippen LogP contribution in [0.5, 0.6) is 5.75 Å². The lowest BCUT2D eigenvalue weighted by Gasteiger charge is -2.21. The van der Waals surface area contributed by atoms with Crippen LogP contribution in [0.1, 0.15) is 84.8 Å². The predicted octanol–water partition coefficient (Wildman–Crippen LogP) is 7.97. The molecule has 1 saturated carbocycles. The van der Waals surface area contributed by atoms with Crippen LogP contribution in [0.2, 0.25) is 0 Å². The number of hydrogen-bond acceptors (Lipinski definition) is 7. The molecular formula is C34H41F2N5O3. The van der Waals surface area contributed by atoms with Crippen LogP contribution < -0.4 is 20.7 Å². The third kappa shape index (κ3) is 7.35. The number of methoxy groups -OCH3 is 1. The van der Waals surface area contributed by atoms with Gasteiger partial charge in [-0.25, -0.2) is 13.8 Å². The largest absolute Gasteiger partial charge is 0.489 e. The minimum Gasteiger partial charge on any atom is -0.489 e. The minimum atomic E-state index is -3.18. The van der Waals surface area contributed by atoms with Gasteiger partial charge in [0.1, 0.15) is 18.2 Å². The summed E-state index contributed by atoms with van der Waals surface area (Å²) in [6.45, 7) is 2.49. The zero-order valence-electron chi connectivity index (χ0n) is 25.6. The molecule has 44 heavy (non-hydrogen) atoms. The Labute approximate surface area is 257 Å². The molecule has 0 radical (unpaired) electrons. The van der Waals surface area contributed by atoms with Crippen LogP contribution >= 0.6 is 0 Å². The van der Waals surface area contributed by atoms with Crippen molar-refractivity contribution < 1.29 is 23.0 Å². The second-order valence-electron chi connectivity index (χ2n) is 11.5. The Bertz CT molecular complexity index is 1500. The summed E-state index contributed by atoms with van der Waals surface area (Å²) in [5.74, 6) is -1.85. The maximum atomic E-state index is 15.4. The monoisotopic (exact) mass is 605 g/mol. The van der Waals surface area contributed by atoms with Crippen LogP contribution in [0.3, 0.4) is 0 Å². The number of aromatic nitrogens is 2. The lowest BCUT2D eigenvalue weighted by molar-refractivity contribution is -0.0138. The molecule has 8 bridgehead atoms. The van der Waals surface area contributed by atoms with Crippen molar-refractivity contribution in [2.75, 3.05) is 31.4 Å². The van der Waals surface area contributed by atoms with Gasteiger partial charge in [0, 0.05) is 44.1 Å². The van der Waals surface area contributed by atoms with Crippen molar-refractivity contribution in [1.82, 2.24) is 15.3 Å². The zero-order valence-corrected chi connectivity index (χ0v) is 25.6. The molecule has 234 valence electrons. The number of nitrogens with zero attached hydrogens (tertiary/aromatic N) is 2. The summed E-state index contributed by atoms with van der Waals surface area (Å²) in [6.07, 6.45) is 10.6. The summed E-state index contributed by atoms with van der Waals surface area (Å²) in [4.78, 5) is 21.8. The summed E-state index contributed by atoms with van der Waals surface area (Å²) < 4.78 is 42.2. The number of carbonyl (C=O) groups is 1. The van der Waals surface area contributed by atoms with E-state index in [9.17, 15) is 4.79 Å². The summed E-state index contributed by atoms with van der Waals surface area (Å²) in [6, 6.07) is 11.2. The van der Waals surface area contributed by atoms with E-state index in [4.69, 9.17) is 9.47 Å². The Morgan fingerprint density at radius 2 is 2.00 bits per heavy atom. The predicted molar refractivity (Wildman–Crippen MR) is 168 cm³/mol. The molecule has 0 saturated heterocycles. The number of carbonyl (C=O) groups excluding carboxylic acids is 1. The summed E-state index contributed by atoms with van der Waals surface area (Å²) >= 11 is 0. The highest BCUT2D eigenvalue weighted by molar-refractivity contribution is 6.00. The van der Waals surface area contributed by atoms with Gasteiger partial charge in [0.05, 0.1) is 23.4 Å². The molecule has 2 unspecified atom stereocenters. The lowest BCUT2D eigenvalue weighted by atomic mass is 9.92. The van der Waals surface area contributed by atoms with Gasteiger partial charge < -0.3 is 25.4 Å². The molecule has 6 rings (SSSR count). The summed E-state index contributed by atoms with van der Waals surface area (Å²) in [5.41, 5.74) is 3.04. The number of rotatable bonds is 6. The van der Waals surface area contributed by atoms with Gasteiger partial charge in [0.25, 0.3) is 11.8 Å². The van der Waals surface area contributed by atoms with Gasteiger partial charge in [0.15, 0.2) is 0 Å². The van der Waals surface area contributed by atoms with E-state index in [0.29, 0.717) is 47.7 Å². The van der Waals surface area contributed by atoms with Gasteiger partial charge in [-0.2, -0.15) is 4.98 Å². The van der Waals surface area contributed by atoms with Gasteiger partial charge in [-0.15, -0.1) is 0 Å². The number of fused-ring (bicyclic) bond motifs is 6. The highest BCUT2D eigenvalue weighted by atomic mass is 19.3. The van der Waals surface area contributed by atoms with Crippen LogP contribution in [0.4, 0.5) is 31.9 Å². The molecule has 1 aliphatic carbocycles. The Morgan fingerprint density at radius 1 is 1.14 bits per heavy atom. The molecule has 2 atom stereocenters. The molecule has 0 spiro atoms. The van der Waals surface area contributed by atoms with Crippen LogP contribution in [0.25, 0.3) is 0 Å². The molecule has 3 aromatic rings. The normalized spacial score (nSPS) is 19.2. The smallest absolute Gasteiger partial charge is 0.278 e. The van der Waals surface area contributed by atoms with Gasteiger partial charge in [-0.1, -0.05) is 37.6 Å². The number of hydrogen-bond donors (Lipinski definition) is 3. The van der Waals surface area contributed by atoms with Gasteiger partial charge in [-0.3, -0.25) is 4.79 Å². The molecule has 3 N–H and O–H groups in total. The van der Waals surface area contributed by atoms with Crippen LogP contribution in [0.15, 0.2) is 54.7 Å². The molecule has 1 amide bonds. The number of alkyl halides is 2. The quantitative estimate of drug-likeness (QED) is 0.245. The Hall–Kier alpha value is -4.05. The van der Waals surface area contributed by atoms with E-state index in [0.717, 1.165) is 49.4 Å². The second kappa shape index (κ2) is 14.2. The molecule has 8 nitrogen and oxygen atoms in total. The van der Waals surface area contributed by atoms with E-state index in [1.165, 1.54) is 0 Å². The molecule has 1 aromatic heterocycles. The first-order valence-corrected chi connectivity index (χ1v) is 15.4. The zero-order chi connectivity index (χ0) is 31.1. The molecule has 3 aliphatic rings. The first-order chi connectivity index (χ1) is 21.3. The molecule has 10 heteroatoms. The maximum Gasteiger partial charge on any atom is 0.278 e. The summed E-state index contributed by atoms with van der Waals surface area (Å²) in [5, 5.41) is 8.91. The highest BCUT2D eigenvalue weighted by Gasteiger charge is 2.35. The van der Waals surface area contributed by atoms with Crippen molar-refractivity contribution in [3.8, 4) is 5.75 Å². The molecular weight excluding hydrogens is 564 g/mol. The Balaban J connectivity index is 1.59. The fraction of sp³-hybridized carbons (Fsp3) is 0.441. The van der Waals surface area contributed by atoms with Gasteiger partial charge in [-0.05, 0) is 67.7 Å². The average molecular weight is 606 g/mol. The molecule has 1 fully saturated rings. The van der Waals surface area contributed by atoms with Crippen molar-refractivity contribution in [1.29, 1.82) is 0 Å². The standard InChI is InChI=1S/C34H41F2N5O3/c1-4-15-34(35,36)28-20-38-33-39-26-13-11-25(21-43-3)30(19-26)44-16-7-5-6-8-22-9-10-23(17-22)24-12-14-29(40-31(28)41-33)27(18-24)32(42)37-2/h5,7,11-14,18-20,22-23H,4,6,8-10,15-17,21H2,1-3H3,(H,37,42)(H2,38,39,40,41)/b7-5+. The van der Waals surface area contributed by atoms with Crippen LogP contribution in [-0.4, -0.2) is 36.6 Å². The number of anilines is 4. The third-order valence-electron chi connectivity index (χ3n) is 8.39. The number of allylic oxidation sites excluding steroid dienone is 1. The summed E-state index contributed by atoms with van der Waals surface area (Å²) in [7, 11) is 3.19. The maximum absolute atomic E-state index is 15.4. The highest BCUT2D eigenvalue weighted by Crippen LogP contribution is 2.42. The Morgan fingerprint density at radius 3 is 2.80 bits per heavy atom. The fourth-order valence-corrected chi connectivity index (χ4v) is 6.09.